The van der Waals surface area contributed by atoms with Crippen LogP contribution < -0.4 is 0 Å². The highest BCUT2D eigenvalue weighted by Crippen LogP contribution is 2.18. The molecule has 0 bridgehead atoms. The molecule has 1 aliphatic heterocycles. The van der Waals surface area contributed by atoms with Gasteiger partial charge in [-0.3, -0.25) is 9.69 Å². The summed E-state index contributed by atoms with van der Waals surface area (Å²) in [6.45, 7) is 5.93. The number of hydrogen-bond acceptors (Lipinski definition) is 5. The van der Waals surface area contributed by atoms with Gasteiger partial charge in [0.15, 0.2) is 0 Å². The van der Waals surface area contributed by atoms with E-state index in [0.717, 1.165) is 38.2 Å². The fourth-order valence-corrected chi connectivity index (χ4v) is 2.81. The number of rotatable bonds is 4. The van der Waals surface area contributed by atoms with Crippen molar-refractivity contribution in [3.05, 3.63) is 36.2 Å². The highest BCUT2D eigenvalue weighted by atomic mass is 16.4. The molecule has 3 rings (SSSR count). The van der Waals surface area contributed by atoms with Crippen LogP contribution in [-0.4, -0.2) is 52.1 Å². The molecule has 1 aromatic carbocycles. The van der Waals surface area contributed by atoms with Gasteiger partial charge in [0, 0.05) is 38.2 Å². The van der Waals surface area contributed by atoms with Crippen molar-refractivity contribution in [3.8, 4) is 11.5 Å². The van der Waals surface area contributed by atoms with E-state index in [1.54, 1.807) is 0 Å². The number of nitrogens with zero attached hydrogens (tertiary/aromatic N) is 4. The topological polar surface area (TPSA) is 62.5 Å². The first kappa shape index (κ1) is 15.7. The largest absolute Gasteiger partial charge is 0.419 e. The zero-order valence-electron chi connectivity index (χ0n) is 13.4. The molecular formula is C17H22N4O2. The summed E-state index contributed by atoms with van der Waals surface area (Å²) < 4.78 is 5.76. The summed E-state index contributed by atoms with van der Waals surface area (Å²) in [4.78, 5) is 16.0. The molecule has 1 saturated heterocycles. The second-order valence-corrected chi connectivity index (χ2v) is 5.73. The quantitative estimate of drug-likeness (QED) is 0.865. The van der Waals surface area contributed by atoms with Crippen molar-refractivity contribution in [2.24, 2.45) is 0 Å². The van der Waals surface area contributed by atoms with Crippen molar-refractivity contribution in [2.45, 2.75) is 26.3 Å². The van der Waals surface area contributed by atoms with E-state index in [1.807, 2.05) is 42.2 Å². The minimum absolute atomic E-state index is 0.232. The van der Waals surface area contributed by atoms with Crippen molar-refractivity contribution in [1.29, 1.82) is 0 Å². The SMILES string of the molecule is CCC(=O)N1CCCN(Cc2nnc(-c3ccccc3)o2)CC1. The number of benzene rings is 1. The second kappa shape index (κ2) is 7.37. The third kappa shape index (κ3) is 3.96. The van der Waals surface area contributed by atoms with Crippen molar-refractivity contribution in [2.75, 3.05) is 26.2 Å². The van der Waals surface area contributed by atoms with E-state index in [2.05, 4.69) is 15.1 Å². The second-order valence-electron chi connectivity index (χ2n) is 5.73. The van der Waals surface area contributed by atoms with E-state index in [1.165, 1.54) is 0 Å². The van der Waals surface area contributed by atoms with Crippen LogP contribution in [0.15, 0.2) is 34.7 Å². The fourth-order valence-electron chi connectivity index (χ4n) is 2.81. The van der Waals surface area contributed by atoms with Crippen molar-refractivity contribution >= 4 is 5.91 Å². The van der Waals surface area contributed by atoms with Crippen LogP contribution >= 0.6 is 0 Å². The minimum Gasteiger partial charge on any atom is -0.419 e. The fraction of sp³-hybridized carbons (Fsp3) is 0.471. The van der Waals surface area contributed by atoms with Gasteiger partial charge in [0.2, 0.25) is 17.7 Å². The maximum Gasteiger partial charge on any atom is 0.247 e. The van der Waals surface area contributed by atoms with Gasteiger partial charge < -0.3 is 9.32 Å². The zero-order chi connectivity index (χ0) is 16.1. The van der Waals surface area contributed by atoms with Crippen LogP contribution in [0, 0.1) is 0 Å². The number of aromatic nitrogens is 2. The normalized spacial score (nSPS) is 16.3. The van der Waals surface area contributed by atoms with E-state index in [-0.39, 0.29) is 5.91 Å². The minimum atomic E-state index is 0.232. The molecule has 0 N–H and O–H groups in total. The monoisotopic (exact) mass is 314 g/mol. The smallest absolute Gasteiger partial charge is 0.247 e. The number of carbonyl (C=O) groups is 1. The van der Waals surface area contributed by atoms with Crippen LogP contribution in [-0.2, 0) is 11.3 Å². The maximum absolute atomic E-state index is 11.8. The standard InChI is InChI=1S/C17H22N4O2/c1-2-16(22)21-10-6-9-20(11-12-21)13-15-18-19-17(23-15)14-7-4-3-5-8-14/h3-5,7-8H,2,6,9-13H2,1H3. The molecule has 0 radical (unpaired) electrons. The van der Waals surface area contributed by atoms with Gasteiger partial charge >= 0.3 is 0 Å². The highest BCUT2D eigenvalue weighted by Gasteiger charge is 2.19. The average molecular weight is 314 g/mol. The lowest BCUT2D eigenvalue weighted by molar-refractivity contribution is -0.130. The maximum atomic E-state index is 11.8. The van der Waals surface area contributed by atoms with Crippen LogP contribution in [0.25, 0.3) is 11.5 Å². The molecule has 0 aliphatic carbocycles. The first-order chi connectivity index (χ1) is 11.3. The molecule has 2 aromatic rings. The molecule has 1 fully saturated rings. The summed E-state index contributed by atoms with van der Waals surface area (Å²) in [5.74, 6) is 1.41. The Balaban J connectivity index is 1.60. The van der Waals surface area contributed by atoms with E-state index in [9.17, 15) is 4.79 Å². The summed E-state index contributed by atoms with van der Waals surface area (Å²) in [5, 5.41) is 8.27. The third-order valence-corrected chi connectivity index (χ3v) is 4.09. The summed E-state index contributed by atoms with van der Waals surface area (Å²) >= 11 is 0. The highest BCUT2D eigenvalue weighted by molar-refractivity contribution is 5.75. The summed E-state index contributed by atoms with van der Waals surface area (Å²) in [5.41, 5.74) is 0.932. The molecule has 6 nitrogen and oxygen atoms in total. The summed E-state index contributed by atoms with van der Waals surface area (Å²) in [6, 6.07) is 9.77. The molecule has 0 saturated carbocycles. The van der Waals surface area contributed by atoms with Gasteiger partial charge in [-0.1, -0.05) is 25.1 Å². The lowest BCUT2D eigenvalue weighted by Crippen LogP contribution is -2.34. The summed E-state index contributed by atoms with van der Waals surface area (Å²) in [6.07, 6.45) is 1.55. The predicted molar refractivity (Wildman–Crippen MR) is 86.5 cm³/mol. The van der Waals surface area contributed by atoms with E-state index >= 15 is 0 Å². The Hall–Kier alpha value is -2.21. The van der Waals surface area contributed by atoms with E-state index in [0.29, 0.717) is 24.7 Å². The molecule has 2 heterocycles. The van der Waals surface area contributed by atoms with Gasteiger partial charge in [-0.2, -0.15) is 0 Å². The number of hydrogen-bond donors (Lipinski definition) is 0. The Morgan fingerprint density at radius 3 is 2.74 bits per heavy atom. The van der Waals surface area contributed by atoms with Crippen molar-refractivity contribution < 1.29 is 9.21 Å². The van der Waals surface area contributed by atoms with Gasteiger partial charge in [0.1, 0.15) is 0 Å². The van der Waals surface area contributed by atoms with Gasteiger partial charge in [-0.05, 0) is 18.6 Å². The van der Waals surface area contributed by atoms with Gasteiger partial charge in [-0.25, -0.2) is 0 Å². The predicted octanol–water partition coefficient (Wildman–Crippen LogP) is 2.18. The molecule has 23 heavy (non-hydrogen) atoms. The van der Waals surface area contributed by atoms with Crippen LogP contribution in [0.4, 0.5) is 0 Å². The number of amides is 1. The van der Waals surface area contributed by atoms with Crippen molar-refractivity contribution in [1.82, 2.24) is 20.0 Å². The Bertz CT molecular complexity index is 641. The Morgan fingerprint density at radius 2 is 1.96 bits per heavy atom. The lowest BCUT2D eigenvalue weighted by Gasteiger charge is -2.20. The van der Waals surface area contributed by atoms with E-state index in [4.69, 9.17) is 4.42 Å². The summed E-state index contributed by atoms with van der Waals surface area (Å²) in [7, 11) is 0. The first-order valence-electron chi connectivity index (χ1n) is 8.14. The molecule has 1 aromatic heterocycles. The molecule has 0 atom stereocenters. The molecular weight excluding hydrogens is 292 g/mol. The molecule has 0 unspecified atom stereocenters. The Morgan fingerprint density at radius 1 is 1.13 bits per heavy atom. The zero-order valence-corrected chi connectivity index (χ0v) is 13.4. The molecule has 0 spiro atoms. The molecule has 1 amide bonds. The third-order valence-electron chi connectivity index (χ3n) is 4.09. The molecule has 122 valence electrons. The molecule has 1 aliphatic rings. The Kier molecular flexibility index (Phi) is 5.02. The van der Waals surface area contributed by atoms with Crippen LogP contribution in [0.2, 0.25) is 0 Å². The van der Waals surface area contributed by atoms with E-state index < -0.39 is 0 Å². The van der Waals surface area contributed by atoms with Gasteiger partial charge in [-0.15, -0.1) is 10.2 Å². The number of carbonyl (C=O) groups excluding carboxylic acids is 1. The van der Waals surface area contributed by atoms with Crippen molar-refractivity contribution in [3.63, 3.8) is 0 Å². The molecule has 6 heteroatoms. The Labute approximate surface area is 136 Å². The van der Waals surface area contributed by atoms with Crippen LogP contribution in [0.1, 0.15) is 25.7 Å². The average Bonchev–Trinajstić information content (AvgIpc) is 2.93. The van der Waals surface area contributed by atoms with Gasteiger partial charge in [0.05, 0.1) is 6.54 Å². The van der Waals surface area contributed by atoms with Gasteiger partial charge in [0.25, 0.3) is 0 Å². The lowest BCUT2D eigenvalue weighted by atomic mass is 10.2. The first-order valence-corrected chi connectivity index (χ1v) is 8.14. The van der Waals surface area contributed by atoms with Crippen LogP contribution in [0.3, 0.4) is 0 Å². The van der Waals surface area contributed by atoms with Crippen LogP contribution in [0.5, 0.6) is 0 Å².